The summed E-state index contributed by atoms with van der Waals surface area (Å²) >= 11 is 0. The van der Waals surface area contributed by atoms with Gasteiger partial charge in [-0.15, -0.1) is 0 Å². The van der Waals surface area contributed by atoms with Crippen molar-refractivity contribution in [3.63, 3.8) is 0 Å². The first kappa shape index (κ1) is 14.9. The molecule has 2 aromatic rings. The molecular formula is C17H18O4. The lowest BCUT2D eigenvalue weighted by Crippen LogP contribution is -2.10. The summed E-state index contributed by atoms with van der Waals surface area (Å²) < 4.78 is 10.7. The molecule has 0 aromatic heterocycles. The number of rotatable bonds is 5. The van der Waals surface area contributed by atoms with Crippen molar-refractivity contribution in [2.24, 2.45) is 0 Å². The lowest BCUT2D eigenvalue weighted by molar-refractivity contribution is 0.0690. The van der Waals surface area contributed by atoms with Crippen LogP contribution in [-0.4, -0.2) is 24.3 Å². The molecule has 0 spiro atoms. The minimum absolute atomic E-state index is 0.0780. The molecule has 2 aromatic carbocycles. The number of benzene rings is 2. The van der Waals surface area contributed by atoms with Gasteiger partial charge in [0.25, 0.3) is 0 Å². The number of carboxylic acids is 1. The Bertz CT molecular complexity index is 647. The van der Waals surface area contributed by atoms with Crippen LogP contribution in [0.3, 0.4) is 0 Å². The van der Waals surface area contributed by atoms with Gasteiger partial charge < -0.3 is 14.6 Å². The Labute approximate surface area is 123 Å². The van der Waals surface area contributed by atoms with Crippen LogP contribution in [0.25, 0.3) is 11.1 Å². The van der Waals surface area contributed by atoms with E-state index in [9.17, 15) is 9.90 Å². The molecule has 0 unspecified atom stereocenters. The molecule has 0 saturated carbocycles. The third-order valence-corrected chi connectivity index (χ3v) is 2.98. The zero-order valence-corrected chi connectivity index (χ0v) is 12.3. The van der Waals surface area contributed by atoms with E-state index >= 15 is 0 Å². The molecule has 0 aliphatic carbocycles. The van der Waals surface area contributed by atoms with E-state index in [0.29, 0.717) is 5.75 Å². The van der Waals surface area contributed by atoms with Gasteiger partial charge in [-0.1, -0.05) is 18.2 Å². The van der Waals surface area contributed by atoms with E-state index < -0.39 is 5.97 Å². The largest absolute Gasteiger partial charge is 0.497 e. The first-order chi connectivity index (χ1) is 10.0. The minimum atomic E-state index is -1.00. The van der Waals surface area contributed by atoms with E-state index in [-0.39, 0.29) is 11.7 Å². The lowest BCUT2D eigenvalue weighted by atomic mass is 10.0. The monoisotopic (exact) mass is 286 g/mol. The Morgan fingerprint density at radius 2 is 1.81 bits per heavy atom. The van der Waals surface area contributed by atoms with Crippen LogP contribution in [0.4, 0.5) is 0 Å². The summed E-state index contributed by atoms with van der Waals surface area (Å²) in [6, 6.07) is 12.6. The first-order valence-corrected chi connectivity index (χ1v) is 6.69. The van der Waals surface area contributed by atoms with Gasteiger partial charge >= 0.3 is 5.97 Å². The molecule has 0 atom stereocenters. The number of carboxylic acid groups (broad SMARTS) is 1. The first-order valence-electron chi connectivity index (χ1n) is 6.69. The van der Waals surface area contributed by atoms with Crippen LogP contribution in [0.15, 0.2) is 42.5 Å². The molecule has 0 aliphatic heterocycles. The molecule has 0 saturated heterocycles. The summed E-state index contributed by atoms with van der Waals surface area (Å²) in [5.74, 6) is 0.103. The normalized spacial score (nSPS) is 10.5. The molecule has 0 bridgehead atoms. The van der Waals surface area contributed by atoms with Crippen molar-refractivity contribution in [1.82, 2.24) is 0 Å². The highest BCUT2D eigenvalue weighted by atomic mass is 16.5. The van der Waals surface area contributed by atoms with Crippen LogP contribution >= 0.6 is 0 Å². The summed E-state index contributed by atoms with van der Waals surface area (Å²) in [5, 5.41) is 9.35. The Hall–Kier alpha value is -2.49. The van der Waals surface area contributed by atoms with Crippen LogP contribution in [0.5, 0.6) is 11.5 Å². The Morgan fingerprint density at radius 1 is 1.10 bits per heavy atom. The summed E-state index contributed by atoms with van der Waals surface area (Å²) in [6.45, 7) is 3.73. The molecule has 0 radical (unpaired) electrons. The predicted molar refractivity (Wildman–Crippen MR) is 81.2 cm³/mol. The van der Waals surface area contributed by atoms with Crippen molar-refractivity contribution >= 4 is 5.97 Å². The average Bonchev–Trinajstić information content (AvgIpc) is 2.47. The molecule has 0 aliphatic rings. The van der Waals surface area contributed by atoms with Crippen molar-refractivity contribution in [2.75, 3.05) is 7.11 Å². The van der Waals surface area contributed by atoms with Crippen LogP contribution in [-0.2, 0) is 0 Å². The average molecular weight is 286 g/mol. The zero-order chi connectivity index (χ0) is 15.4. The Kier molecular flexibility index (Phi) is 4.48. The quantitative estimate of drug-likeness (QED) is 0.907. The number of aromatic carboxylic acids is 1. The Morgan fingerprint density at radius 3 is 2.43 bits per heavy atom. The third-order valence-electron chi connectivity index (χ3n) is 2.98. The van der Waals surface area contributed by atoms with Gasteiger partial charge in [-0.3, -0.25) is 0 Å². The van der Waals surface area contributed by atoms with Crippen molar-refractivity contribution in [1.29, 1.82) is 0 Å². The number of ether oxygens (including phenoxy) is 2. The number of hydrogen-bond donors (Lipinski definition) is 1. The molecule has 110 valence electrons. The van der Waals surface area contributed by atoms with E-state index in [4.69, 9.17) is 9.47 Å². The fourth-order valence-corrected chi connectivity index (χ4v) is 2.04. The number of carbonyl (C=O) groups is 1. The van der Waals surface area contributed by atoms with E-state index in [1.165, 1.54) is 0 Å². The van der Waals surface area contributed by atoms with Crippen molar-refractivity contribution in [3.05, 3.63) is 48.0 Å². The molecule has 0 heterocycles. The summed E-state index contributed by atoms with van der Waals surface area (Å²) in [6.07, 6.45) is -0.0780. The summed E-state index contributed by atoms with van der Waals surface area (Å²) in [5.41, 5.74) is 1.86. The van der Waals surface area contributed by atoms with Crippen LogP contribution in [0.2, 0.25) is 0 Å². The molecule has 2 rings (SSSR count). The van der Waals surface area contributed by atoms with Gasteiger partial charge in [0.2, 0.25) is 0 Å². The van der Waals surface area contributed by atoms with E-state index in [1.54, 1.807) is 19.2 Å². The van der Waals surface area contributed by atoms with Crippen molar-refractivity contribution in [2.45, 2.75) is 20.0 Å². The highest BCUT2D eigenvalue weighted by Gasteiger charge is 2.14. The second-order valence-corrected chi connectivity index (χ2v) is 4.91. The smallest absolute Gasteiger partial charge is 0.339 e. The molecular weight excluding hydrogens is 268 g/mol. The van der Waals surface area contributed by atoms with Crippen molar-refractivity contribution < 1.29 is 19.4 Å². The van der Waals surface area contributed by atoms with Gasteiger partial charge in [-0.25, -0.2) is 4.79 Å². The van der Waals surface area contributed by atoms with Crippen LogP contribution in [0, 0.1) is 0 Å². The SMILES string of the molecule is COc1cccc(-c2ccc(OC(C)C)c(C(=O)O)c2)c1. The fraction of sp³-hybridized carbons (Fsp3) is 0.235. The predicted octanol–water partition coefficient (Wildman–Crippen LogP) is 3.85. The van der Waals surface area contributed by atoms with E-state index in [0.717, 1.165) is 16.9 Å². The van der Waals surface area contributed by atoms with Gasteiger partial charge in [-0.2, -0.15) is 0 Å². The Balaban J connectivity index is 2.46. The number of hydrogen-bond acceptors (Lipinski definition) is 3. The molecule has 1 N–H and O–H groups in total. The molecule has 0 amide bonds. The van der Waals surface area contributed by atoms with Gasteiger partial charge in [-0.05, 0) is 49.2 Å². The second-order valence-electron chi connectivity index (χ2n) is 4.91. The maximum Gasteiger partial charge on any atom is 0.339 e. The lowest BCUT2D eigenvalue weighted by Gasteiger charge is -2.13. The third kappa shape index (κ3) is 3.54. The van der Waals surface area contributed by atoms with Gasteiger partial charge in [0.1, 0.15) is 17.1 Å². The highest BCUT2D eigenvalue weighted by Crippen LogP contribution is 2.29. The molecule has 4 heteroatoms. The van der Waals surface area contributed by atoms with Gasteiger partial charge in [0.15, 0.2) is 0 Å². The molecule has 0 fully saturated rings. The van der Waals surface area contributed by atoms with Gasteiger partial charge in [0, 0.05) is 0 Å². The summed E-state index contributed by atoms with van der Waals surface area (Å²) in [7, 11) is 1.60. The second kappa shape index (κ2) is 6.31. The standard InChI is InChI=1S/C17H18O4/c1-11(2)21-16-8-7-13(10-15(16)17(18)19)12-5-4-6-14(9-12)20-3/h4-11H,1-3H3,(H,18,19). The van der Waals surface area contributed by atoms with E-state index in [2.05, 4.69) is 0 Å². The molecule has 4 nitrogen and oxygen atoms in total. The van der Waals surface area contributed by atoms with Crippen LogP contribution < -0.4 is 9.47 Å². The maximum atomic E-state index is 11.4. The van der Waals surface area contributed by atoms with E-state index in [1.807, 2.05) is 44.2 Å². The minimum Gasteiger partial charge on any atom is -0.497 e. The highest BCUT2D eigenvalue weighted by molar-refractivity contribution is 5.92. The summed E-state index contributed by atoms with van der Waals surface area (Å²) in [4.78, 5) is 11.4. The maximum absolute atomic E-state index is 11.4. The zero-order valence-electron chi connectivity index (χ0n) is 12.3. The fourth-order valence-electron chi connectivity index (χ4n) is 2.04. The molecule has 21 heavy (non-hydrogen) atoms. The number of methoxy groups -OCH3 is 1. The van der Waals surface area contributed by atoms with Crippen LogP contribution in [0.1, 0.15) is 24.2 Å². The van der Waals surface area contributed by atoms with Gasteiger partial charge in [0.05, 0.1) is 13.2 Å². The van der Waals surface area contributed by atoms with Crippen molar-refractivity contribution in [3.8, 4) is 22.6 Å². The topological polar surface area (TPSA) is 55.8 Å².